The number of hydrogen-bond acceptors (Lipinski definition) is 2. The maximum atomic E-state index is 12.6. The second-order valence-corrected chi connectivity index (χ2v) is 2.01. The van der Waals surface area contributed by atoms with E-state index in [2.05, 4.69) is 4.74 Å². The van der Waals surface area contributed by atoms with Gasteiger partial charge in [-0.2, -0.15) is 4.39 Å². The summed E-state index contributed by atoms with van der Waals surface area (Å²) in [6.45, 7) is -0.227. The van der Waals surface area contributed by atoms with Gasteiger partial charge in [-0.1, -0.05) is 0 Å². The first kappa shape index (κ1) is 9.50. The lowest BCUT2D eigenvalue weighted by molar-refractivity contribution is -0.120. The molecular weight excluding hydrogens is 192 g/mol. The summed E-state index contributed by atoms with van der Waals surface area (Å²) >= 11 is 0. The molecule has 2 nitrogen and oxygen atoms in total. The van der Waals surface area contributed by atoms with Crippen LogP contribution < -0.4 is 4.74 Å². The number of carbonyl (C=O) groups excluding carboxylic acids is 1. The molecule has 0 amide bonds. The van der Waals surface area contributed by atoms with Gasteiger partial charge < -0.3 is 4.74 Å². The maximum Gasteiger partial charge on any atom is 0.298 e. The third kappa shape index (κ3) is 1.61. The van der Waals surface area contributed by atoms with Crippen LogP contribution in [0.2, 0.25) is 0 Å². The molecule has 0 aliphatic carbocycles. The highest BCUT2D eigenvalue weighted by atomic mass is 19.2. The highest BCUT2D eigenvalue weighted by Crippen LogP contribution is 2.23. The Morgan fingerprint density at radius 1 is 1.08 bits per heavy atom. The van der Waals surface area contributed by atoms with E-state index in [-0.39, 0.29) is 12.5 Å². The minimum absolute atomic E-state index is 0.227. The third-order valence-electron chi connectivity index (χ3n) is 1.24. The second-order valence-electron chi connectivity index (χ2n) is 2.01. The lowest BCUT2D eigenvalue weighted by atomic mass is 10.3. The molecule has 1 rings (SSSR count). The second kappa shape index (κ2) is 3.42. The average Bonchev–Trinajstić information content (AvgIpc) is 2.11. The largest absolute Gasteiger partial charge is 0.425 e. The number of benzene rings is 1. The van der Waals surface area contributed by atoms with Crippen molar-refractivity contribution < 1.29 is 27.1 Å². The molecule has 0 saturated heterocycles. The highest BCUT2D eigenvalue weighted by molar-refractivity contribution is 5.45. The third-order valence-corrected chi connectivity index (χ3v) is 1.24. The zero-order chi connectivity index (χ0) is 10.0. The molecule has 0 radical (unpaired) electrons. The Morgan fingerprint density at radius 2 is 1.69 bits per heavy atom. The van der Waals surface area contributed by atoms with Crippen LogP contribution >= 0.6 is 0 Å². The summed E-state index contributed by atoms with van der Waals surface area (Å²) < 4.78 is 53.4. The maximum absolute atomic E-state index is 12.6. The molecule has 6 heteroatoms. The quantitative estimate of drug-likeness (QED) is 0.310. The summed E-state index contributed by atoms with van der Waals surface area (Å²) in [5.74, 6) is -8.33. The van der Waals surface area contributed by atoms with Crippen LogP contribution in [0.4, 0.5) is 17.6 Å². The van der Waals surface area contributed by atoms with Gasteiger partial charge in [0.05, 0.1) is 0 Å². The van der Waals surface area contributed by atoms with Crippen molar-refractivity contribution in [3.8, 4) is 5.75 Å². The Bertz CT molecular complexity index is 351. The van der Waals surface area contributed by atoms with Gasteiger partial charge in [0.2, 0.25) is 11.6 Å². The number of ether oxygens (including phenoxy) is 1. The molecule has 0 N–H and O–H groups in total. The summed E-state index contributed by atoms with van der Waals surface area (Å²) in [4.78, 5) is 9.71. The van der Waals surface area contributed by atoms with E-state index in [0.29, 0.717) is 0 Å². The van der Waals surface area contributed by atoms with Gasteiger partial charge in [0, 0.05) is 6.07 Å². The molecule has 1 aromatic rings. The van der Waals surface area contributed by atoms with E-state index in [9.17, 15) is 22.4 Å². The minimum Gasteiger partial charge on any atom is -0.425 e. The smallest absolute Gasteiger partial charge is 0.298 e. The predicted octanol–water partition coefficient (Wildman–Crippen LogP) is 1.78. The summed E-state index contributed by atoms with van der Waals surface area (Å²) in [7, 11) is 0. The lowest BCUT2D eigenvalue weighted by Gasteiger charge is -2.01. The molecule has 0 aliphatic heterocycles. The van der Waals surface area contributed by atoms with Crippen molar-refractivity contribution in [3.05, 3.63) is 29.3 Å². The van der Waals surface area contributed by atoms with E-state index < -0.39 is 29.0 Å². The normalized spacial score (nSPS) is 9.85. The van der Waals surface area contributed by atoms with Gasteiger partial charge in [0.15, 0.2) is 17.4 Å². The zero-order valence-corrected chi connectivity index (χ0v) is 5.98. The first-order valence-electron chi connectivity index (χ1n) is 3.01. The van der Waals surface area contributed by atoms with Gasteiger partial charge in [0.1, 0.15) is 0 Å². The summed E-state index contributed by atoms with van der Waals surface area (Å²) in [5.41, 5.74) is 0. The molecule has 0 atom stereocenters. The predicted molar refractivity (Wildman–Crippen MR) is 33.0 cm³/mol. The Balaban J connectivity index is 3.31. The van der Waals surface area contributed by atoms with Crippen LogP contribution in [-0.2, 0) is 4.79 Å². The fraction of sp³-hybridized carbons (Fsp3) is 0. The van der Waals surface area contributed by atoms with E-state index in [1.807, 2.05) is 0 Å². The van der Waals surface area contributed by atoms with Crippen molar-refractivity contribution in [1.29, 1.82) is 0 Å². The molecule has 0 spiro atoms. The summed E-state index contributed by atoms with van der Waals surface area (Å²) in [5, 5.41) is 0. The first-order valence-corrected chi connectivity index (χ1v) is 3.01. The van der Waals surface area contributed by atoms with E-state index in [1.54, 1.807) is 0 Å². The summed E-state index contributed by atoms with van der Waals surface area (Å²) in [6.07, 6.45) is 0. The van der Waals surface area contributed by atoms with Crippen LogP contribution in [-0.4, -0.2) is 6.47 Å². The molecule has 0 saturated carbocycles. The fourth-order valence-corrected chi connectivity index (χ4v) is 0.689. The average molecular weight is 194 g/mol. The molecule has 70 valence electrons. The van der Waals surface area contributed by atoms with Crippen LogP contribution in [0.1, 0.15) is 0 Å². The molecule has 0 unspecified atom stereocenters. The Morgan fingerprint density at radius 3 is 2.23 bits per heavy atom. The van der Waals surface area contributed by atoms with Crippen LogP contribution in [0.15, 0.2) is 6.07 Å². The molecule has 1 aromatic carbocycles. The van der Waals surface area contributed by atoms with Crippen molar-refractivity contribution in [2.24, 2.45) is 0 Å². The van der Waals surface area contributed by atoms with Crippen LogP contribution in [0.5, 0.6) is 5.75 Å². The van der Waals surface area contributed by atoms with Gasteiger partial charge in [0.25, 0.3) is 6.47 Å². The van der Waals surface area contributed by atoms with Crippen LogP contribution in [0, 0.1) is 23.3 Å². The van der Waals surface area contributed by atoms with Crippen molar-refractivity contribution >= 4 is 6.47 Å². The lowest BCUT2D eigenvalue weighted by Crippen LogP contribution is -2.00. The number of rotatable bonds is 2. The molecule has 0 aliphatic rings. The number of carbonyl (C=O) groups is 1. The monoisotopic (exact) mass is 194 g/mol. The Kier molecular flexibility index (Phi) is 2.50. The van der Waals surface area contributed by atoms with Gasteiger partial charge >= 0.3 is 0 Å². The Labute approximate surface area is 69.7 Å². The molecule has 0 bridgehead atoms. The van der Waals surface area contributed by atoms with E-state index in [1.165, 1.54) is 0 Å². The fourth-order valence-electron chi connectivity index (χ4n) is 0.689. The topological polar surface area (TPSA) is 26.3 Å². The van der Waals surface area contributed by atoms with Crippen molar-refractivity contribution in [1.82, 2.24) is 0 Å². The first-order chi connectivity index (χ1) is 6.07. The standard InChI is InChI=1S/C7H2F4O2/c8-3-1-4(13-2-12)6(10)7(11)5(3)9/h1-2H. The number of hydrogen-bond donors (Lipinski definition) is 0. The highest BCUT2D eigenvalue weighted by Gasteiger charge is 2.19. The Hall–Kier alpha value is -1.59. The van der Waals surface area contributed by atoms with Crippen LogP contribution in [0.25, 0.3) is 0 Å². The molecule has 0 fully saturated rings. The van der Waals surface area contributed by atoms with Gasteiger partial charge in [-0.15, -0.1) is 0 Å². The number of halogens is 4. The van der Waals surface area contributed by atoms with E-state index in [0.717, 1.165) is 0 Å². The SMILES string of the molecule is O=COc1cc(F)c(F)c(F)c1F. The van der Waals surface area contributed by atoms with Crippen molar-refractivity contribution in [2.75, 3.05) is 0 Å². The van der Waals surface area contributed by atoms with Gasteiger partial charge in [-0.3, -0.25) is 4.79 Å². The van der Waals surface area contributed by atoms with E-state index in [4.69, 9.17) is 0 Å². The van der Waals surface area contributed by atoms with Crippen LogP contribution in [0.3, 0.4) is 0 Å². The molecule has 13 heavy (non-hydrogen) atoms. The van der Waals surface area contributed by atoms with Crippen molar-refractivity contribution in [2.45, 2.75) is 0 Å². The molecular formula is C7H2F4O2. The molecule has 0 heterocycles. The minimum atomic E-state index is -2.02. The van der Waals surface area contributed by atoms with Gasteiger partial charge in [-0.25, -0.2) is 13.2 Å². The zero-order valence-electron chi connectivity index (χ0n) is 5.98. The summed E-state index contributed by atoms with van der Waals surface area (Å²) in [6, 6.07) is 0.238. The van der Waals surface area contributed by atoms with Crippen molar-refractivity contribution in [3.63, 3.8) is 0 Å². The van der Waals surface area contributed by atoms with E-state index >= 15 is 0 Å². The molecule has 0 aromatic heterocycles. The van der Waals surface area contributed by atoms with Gasteiger partial charge in [-0.05, 0) is 0 Å².